The van der Waals surface area contributed by atoms with Crippen LogP contribution in [0.5, 0.6) is 0 Å². The molecular formula is C19H32N4S. The molecule has 1 saturated heterocycles. The van der Waals surface area contributed by atoms with Crippen LogP contribution in [0.1, 0.15) is 55.1 Å². The topological polar surface area (TPSA) is 40.5 Å². The summed E-state index contributed by atoms with van der Waals surface area (Å²) >= 11 is 1.84. The van der Waals surface area contributed by atoms with Crippen LogP contribution in [0, 0.1) is 18.8 Å². The zero-order valence-corrected chi connectivity index (χ0v) is 16.3. The van der Waals surface area contributed by atoms with Crippen molar-refractivity contribution in [3.8, 4) is 0 Å². The van der Waals surface area contributed by atoms with Crippen LogP contribution in [-0.2, 0) is 12.8 Å². The van der Waals surface area contributed by atoms with Crippen LogP contribution in [0.4, 0.5) is 0 Å². The van der Waals surface area contributed by atoms with Gasteiger partial charge in [0, 0.05) is 37.5 Å². The Balaban J connectivity index is 1.59. The highest BCUT2D eigenvalue weighted by Crippen LogP contribution is 2.35. The third-order valence-electron chi connectivity index (χ3n) is 5.47. The number of fused-ring (bicyclic) bond motifs is 1. The molecule has 1 aliphatic heterocycles. The number of thiazole rings is 1. The van der Waals surface area contributed by atoms with Gasteiger partial charge in [0.2, 0.25) is 0 Å². The normalized spacial score (nSPS) is 24.3. The Kier molecular flexibility index (Phi) is 6.14. The van der Waals surface area contributed by atoms with Gasteiger partial charge in [-0.05, 0) is 44.9 Å². The third kappa shape index (κ3) is 4.11. The van der Waals surface area contributed by atoms with Crippen molar-refractivity contribution in [3.05, 3.63) is 15.6 Å². The van der Waals surface area contributed by atoms with E-state index in [1.807, 2.05) is 11.3 Å². The number of hydrogen-bond acceptors (Lipinski definition) is 3. The number of aromatic nitrogens is 1. The smallest absolute Gasteiger partial charge is 0.193 e. The SMILES string of the molecule is CCNC(=NCCc1nc(CC)c(C)s1)N1CC2CCCCC2C1. The van der Waals surface area contributed by atoms with E-state index in [0.29, 0.717) is 0 Å². The molecular weight excluding hydrogens is 316 g/mol. The molecule has 1 N–H and O–H groups in total. The second-order valence-corrected chi connectivity index (χ2v) is 8.45. The lowest BCUT2D eigenvalue weighted by Gasteiger charge is -2.22. The highest BCUT2D eigenvalue weighted by Gasteiger charge is 2.35. The second-order valence-electron chi connectivity index (χ2n) is 7.16. The van der Waals surface area contributed by atoms with Crippen LogP contribution in [0.3, 0.4) is 0 Å². The summed E-state index contributed by atoms with van der Waals surface area (Å²) in [6.07, 6.45) is 7.67. The molecule has 0 aromatic carbocycles. The maximum absolute atomic E-state index is 4.91. The first-order chi connectivity index (χ1) is 11.7. The molecule has 2 atom stereocenters. The zero-order valence-electron chi connectivity index (χ0n) is 15.5. The number of likely N-dealkylation sites (tertiary alicyclic amines) is 1. The molecule has 0 amide bonds. The fraction of sp³-hybridized carbons (Fsp3) is 0.789. The number of guanidine groups is 1. The van der Waals surface area contributed by atoms with Gasteiger partial charge in [0.25, 0.3) is 0 Å². The standard InChI is InChI=1S/C19H32N4S/c1-4-17-14(3)24-18(22-17)10-11-21-19(20-5-2)23-12-15-8-6-7-9-16(15)13-23/h15-16H,4-13H2,1-3H3,(H,20,21). The van der Waals surface area contributed by atoms with Gasteiger partial charge >= 0.3 is 0 Å². The fourth-order valence-electron chi connectivity index (χ4n) is 4.18. The molecule has 2 heterocycles. The van der Waals surface area contributed by atoms with E-state index < -0.39 is 0 Å². The predicted octanol–water partition coefficient (Wildman–Crippen LogP) is 3.64. The van der Waals surface area contributed by atoms with Crippen molar-refractivity contribution in [1.29, 1.82) is 0 Å². The minimum atomic E-state index is 0.838. The fourth-order valence-corrected chi connectivity index (χ4v) is 5.20. The van der Waals surface area contributed by atoms with E-state index in [1.165, 1.54) is 54.4 Å². The van der Waals surface area contributed by atoms with Crippen molar-refractivity contribution in [1.82, 2.24) is 15.2 Å². The van der Waals surface area contributed by atoms with E-state index in [2.05, 4.69) is 31.0 Å². The van der Waals surface area contributed by atoms with Gasteiger partial charge in [-0.15, -0.1) is 11.3 Å². The van der Waals surface area contributed by atoms with Crippen molar-refractivity contribution in [2.45, 2.75) is 59.3 Å². The van der Waals surface area contributed by atoms with Gasteiger partial charge in [-0.25, -0.2) is 4.98 Å². The first-order valence-electron chi connectivity index (χ1n) is 9.69. The number of nitrogens with zero attached hydrogens (tertiary/aromatic N) is 3. The molecule has 0 spiro atoms. The summed E-state index contributed by atoms with van der Waals surface area (Å²) in [5, 5.41) is 4.74. The van der Waals surface area contributed by atoms with Crippen LogP contribution >= 0.6 is 11.3 Å². The molecule has 2 fully saturated rings. The predicted molar refractivity (Wildman–Crippen MR) is 103 cm³/mol. The van der Waals surface area contributed by atoms with Crippen molar-refractivity contribution < 1.29 is 0 Å². The molecule has 0 bridgehead atoms. The average Bonchev–Trinajstić information content (AvgIpc) is 3.17. The monoisotopic (exact) mass is 348 g/mol. The van der Waals surface area contributed by atoms with E-state index in [1.54, 1.807) is 0 Å². The van der Waals surface area contributed by atoms with Gasteiger partial charge < -0.3 is 10.2 Å². The lowest BCUT2D eigenvalue weighted by Crippen LogP contribution is -2.40. The highest BCUT2D eigenvalue weighted by atomic mass is 32.1. The van der Waals surface area contributed by atoms with Gasteiger partial charge in [0.1, 0.15) is 0 Å². The van der Waals surface area contributed by atoms with Crippen molar-refractivity contribution in [3.63, 3.8) is 0 Å². The van der Waals surface area contributed by atoms with E-state index in [4.69, 9.17) is 9.98 Å². The van der Waals surface area contributed by atoms with E-state index in [-0.39, 0.29) is 0 Å². The molecule has 24 heavy (non-hydrogen) atoms. The minimum absolute atomic E-state index is 0.838. The van der Waals surface area contributed by atoms with Crippen LogP contribution in [-0.4, -0.2) is 42.0 Å². The molecule has 1 aliphatic carbocycles. The van der Waals surface area contributed by atoms with E-state index >= 15 is 0 Å². The van der Waals surface area contributed by atoms with Crippen molar-refractivity contribution in [2.24, 2.45) is 16.8 Å². The minimum Gasteiger partial charge on any atom is -0.357 e. The number of hydrogen-bond donors (Lipinski definition) is 1. The number of nitrogens with one attached hydrogen (secondary N) is 1. The first-order valence-corrected chi connectivity index (χ1v) is 10.5. The van der Waals surface area contributed by atoms with Gasteiger partial charge in [0.05, 0.1) is 10.7 Å². The molecule has 5 heteroatoms. The summed E-state index contributed by atoms with van der Waals surface area (Å²) in [4.78, 5) is 13.5. The van der Waals surface area contributed by atoms with Crippen LogP contribution in [0.2, 0.25) is 0 Å². The Hall–Kier alpha value is -1.10. The second kappa shape index (κ2) is 8.32. The van der Waals surface area contributed by atoms with Crippen molar-refractivity contribution >= 4 is 17.3 Å². The maximum Gasteiger partial charge on any atom is 0.193 e. The lowest BCUT2D eigenvalue weighted by molar-refractivity contribution is 0.299. The van der Waals surface area contributed by atoms with Gasteiger partial charge in [0.15, 0.2) is 5.96 Å². The highest BCUT2D eigenvalue weighted by molar-refractivity contribution is 7.11. The Labute approximate surface area is 150 Å². The summed E-state index contributed by atoms with van der Waals surface area (Å²) < 4.78 is 0. The third-order valence-corrected chi connectivity index (χ3v) is 6.54. The van der Waals surface area contributed by atoms with E-state index in [0.717, 1.165) is 43.7 Å². The lowest BCUT2D eigenvalue weighted by atomic mass is 9.82. The molecule has 134 valence electrons. The molecule has 2 unspecified atom stereocenters. The molecule has 1 saturated carbocycles. The number of rotatable bonds is 5. The van der Waals surface area contributed by atoms with Gasteiger partial charge in [-0.1, -0.05) is 19.8 Å². The largest absolute Gasteiger partial charge is 0.357 e. The summed E-state index contributed by atoms with van der Waals surface area (Å²) in [6, 6.07) is 0. The van der Waals surface area contributed by atoms with Gasteiger partial charge in [-0.3, -0.25) is 4.99 Å². The molecule has 3 rings (SSSR count). The van der Waals surface area contributed by atoms with Gasteiger partial charge in [-0.2, -0.15) is 0 Å². The maximum atomic E-state index is 4.91. The Morgan fingerprint density at radius 3 is 2.54 bits per heavy atom. The average molecular weight is 349 g/mol. The molecule has 2 aliphatic rings. The quantitative estimate of drug-likeness (QED) is 0.652. The summed E-state index contributed by atoms with van der Waals surface area (Å²) in [5.74, 6) is 2.92. The Morgan fingerprint density at radius 2 is 1.96 bits per heavy atom. The summed E-state index contributed by atoms with van der Waals surface area (Å²) in [7, 11) is 0. The Bertz CT molecular complexity index is 552. The zero-order chi connectivity index (χ0) is 16.9. The summed E-state index contributed by atoms with van der Waals surface area (Å²) in [6.45, 7) is 10.7. The summed E-state index contributed by atoms with van der Waals surface area (Å²) in [5.41, 5.74) is 1.26. The van der Waals surface area contributed by atoms with Crippen molar-refractivity contribution in [2.75, 3.05) is 26.2 Å². The van der Waals surface area contributed by atoms with Crippen LogP contribution in [0.15, 0.2) is 4.99 Å². The van der Waals surface area contributed by atoms with E-state index in [9.17, 15) is 0 Å². The molecule has 1 aromatic rings. The Morgan fingerprint density at radius 1 is 1.25 bits per heavy atom. The number of aryl methyl sites for hydroxylation is 2. The number of aliphatic imine (C=N–C) groups is 1. The first kappa shape index (κ1) is 17.7. The molecule has 1 aromatic heterocycles. The molecule has 4 nitrogen and oxygen atoms in total. The van der Waals surface area contributed by atoms with Crippen LogP contribution in [0.25, 0.3) is 0 Å². The molecule has 0 radical (unpaired) electrons. The van der Waals surface area contributed by atoms with Crippen LogP contribution < -0.4 is 5.32 Å².